The van der Waals surface area contributed by atoms with Crippen molar-refractivity contribution in [3.05, 3.63) is 29.8 Å². The van der Waals surface area contributed by atoms with Crippen LogP contribution in [-0.2, 0) is 4.74 Å². The largest absolute Gasteiger partial charge is 0.494 e. The molecule has 0 aromatic heterocycles. The van der Waals surface area contributed by atoms with Gasteiger partial charge in [0, 0.05) is 7.11 Å². The van der Waals surface area contributed by atoms with Crippen LogP contribution in [0.1, 0.15) is 44.8 Å². The van der Waals surface area contributed by atoms with Crippen molar-refractivity contribution in [3.8, 4) is 5.75 Å². The third-order valence-corrected chi connectivity index (χ3v) is 2.99. The number of ether oxygens (including phenoxy) is 2. The first-order valence-corrected chi connectivity index (χ1v) is 6.61. The van der Waals surface area contributed by atoms with Gasteiger partial charge in [-0.3, -0.25) is 0 Å². The predicted octanol–water partition coefficient (Wildman–Crippen LogP) is 3.32. The smallest absolute Gasteiger partial charge is 0.119 e. The molecular weight excluding hydrogens is 228 g/mol. The normalized spacial score (nSPS) is 14.2. The van der Waals surface area contributed by atoms with Gasteiger partial charge in [-0.2, -0.15) is 0 Å². The molecule has 2 atom stereocenters. The summed E-state index contributed by atoms with van der Waals surface area (Å²) in [5.41, 5.74) is 0.933. The molecule has 0 radical (unpaired) electrons. The van der Waals surface area contributed by atoms with Gasteiger partial charge in [0.05, 0.1) is 18.8 Å². The van der Waals surface area contributed by atoms with Crippen molar-refractivity contribution in [2.45, 2.75) is 45.3 Å². The lowest BCUT2D eigenvalue weighted by molar-refractivity contribution is 0.0851. The molecule has 0 amide bonds. The van der Waals surface area contributed by atoms with Gasteiger partial charge in [0.2, 0.25) is 0 Å². The Balaban J connectivity index is 2.45. The molecule has 0 saturated heterocycles. The molecule has 18 heavy (non-hydrogen) atoms. The van der Waals surface area contributed by atoms with E-state index >= 15 is 0 Å². The topological polar surface area (TPSA) is 38.7 Å². The molecule has 0 aliphatic rings. The van der Waals surface area contributed by atoms with Gasteiger partial charge in [-0.15, -0.1) is 0 Å². The quantitative estimate of drug-likeness (QED) is 0.771. The van der Waals surface area contributed by atoms with Crippen molar-refractivity contribution in [1.82, 2.24) is 0 Å². The molecule has 3 heteroatoms. The van der Waals surface area contributed by atoms with E-state index < -0.39 is 6.10 Å². The zero-order valence-corrected chi connectivity index (χ0v) is 11.6. The van der Waals surface area contributed by atoms with E-state index in [2.05, 4.69) is 6.92 Å². The van der Waals surface area contributed by atoms with Crippen LogP contribution in [0.15, 0.2) is 24.3 Å². The van der Waals surface area contributed by atoms with Crippen LogP contribution >= 0.6 is 0 Å². The molecule has 0 bridgehead atoms. The fraction of sp³-hybridized carbons (Fsp3) is 0.600. The van der Waals surface area contributed by atoms with Gasteiger partial charge in [0.1, 0.15) is 5.75 Å². The van der Waals surface area contributed by atoms with Crippen molar-refractivity contribution >= 4 is 0 Å². The maximum Gasteiger partial charge on any atom is 0.119 e. The molecular formula is C15H24O3. The van der Waals surface area contributed by atoms with Crippen molar-refractivity contribution in [2.75, 3.05) is 13.7 Å². The van der Waals surface area contributed by atoms with Crippen LogP contribution < -0.4 is 4.74 Å². The van der Waals surface area contributed by atoms with Crippen molar-refractivity contribution in [1.29, 1.82) is 0 Å². The highest BCUT2D eigenvalue weighted by Crippen LogP contribution is 2.22. The van der Waals surface area contributed by atoms with E-state index in [4.69, 9.17) is 9.47 Å². The second-order valence-electron chi connectivity index (χ2n) is 4.56. The molecule has 1 aromatic carbocycles. The van der Waals surface area contributed by atoms with Crippen LogP contribution in [0, 0.1) is 0 Å². The van der Waals surface area contributed by atoms with Crippen LogP contribution in [0.2, 0.25) is 0 Å². The monoisotopic (exact) mass is 252 g/mol. The summed E-state index contributed by atoms with van der Waals surface area (Å²) < 4.78 is 10.7. The number of methoxy groups -OCH3 is 1. The lowest BCUT2D eigenvalue weighted by Crippen LogP contribution is -2.07. The van der Waals surface area contributed by atoms with Gasteiger partial charge in [-0.05, 0) is 43.9 Å². The first kappa shape index (κ1) is 15.0. The maximum atomic E-state index is 10.0. The Morgan fingerprint density at radius 2 is 1.83 bits per heavy atom. The lowest BCUT2D eigenvalue weighted by Gasteiger charge is -2.14. The summed E-state index contributed by atoms with van der Waals surface area (Å²) in [6.07, 6.45) is 2.32. The average Bonchev–Trinajstić information content (AvgIpc) is 2.42. The van der Waals surface area contributed by atoms with E-state index in [1.807, 2.05) is 31.2 Å². The molecule has 0 fully saturated rings. The molecule has 1 N–H and O–H groups in total. The van der Waals surface area contributed by atoms with Crippen molar-refractivity contribution in [3.63, 3.8) is 0 Å². The molecule has 1 rings (SSSR count). The van der Waals surface area contributed by atoms with Crippen molar-refractivity contribution in [2.24, 2.45) is 0 Å². The van der Waals surface area contributed by atoms with Gasteiger partial charge in [-0.1, -0.05) is 19.1 Å². The van der Waals surface area contributed by atoms with E-state index in [1.54, 1.807) is 7.11 Å². The first-order chi connectivity index (χ1) is 8.67. The molecule has 3 nitrogen and oxygen atoms in total. The fourth-order valence-electron chi connectivity index (χ4n) is 1.68. The van der Waals surface area contributed by atoms with Crippen LogP contribution in [0.25, 0.3) is 0 Å². The standard InChI is InChI=1S/C15H24O3/c1-4-11-18-14-8-6-13(7-9-14)15(16)10-5-12(2)17-3/h6-9,12,15-16H,4-5,10-11H2,1-3H3. The third-order valence-electron chi connectivity index (χ3n) is 2.99. The summed E-state index contributed by atoms with van der Waals surface area (Å²) in [5.74, 6) is 0.859. The summed E-state index contributed by atoms with van der Waals surface area (Å²) in [6.45, 7) is 4.82. The molecule has 1 aromatic rings. The van der Waals surface area contributed by atoms with Crippen LogP contribution in [0.5, 0.6) is 5.75 Å². The Kier molecular flexibility index (Phi) is 6.76. The second kappa shape index (κ2) is 8.11. The number of aliphatic hydroxyl groups is 1. The number of rotatable bonds is 8. The van der Waals surface area contributed by atoms with Crippen LogP contribution in [0.3, 0.4) is 0 Å². The summed E-state index contributed by atoms with van der Waals surface area (Å²) in [7, 11) is 1.69. The van der Waals surface area contributed by atoms with Crippen molar-refractivity contribution < 1.29 is 14.6 Å². The minimum Gasteiger partial charge on any atom is -0.494 e. The van der Waals surface area contributed by atoms with E-state index in [0.29, 0.717) is 6.42 Å². The molecule has 0 aliphatic heterocycles. The summed E-state index contributed by atoms with van der Waals surface area (Å²) >= 11 is 0. The highest BCUT2D eigenvalue weighted by molar-refractivity contribution is 5.28. The fourth-order valence-corrected chi connectivity index (χ4v) is 1.68. The maximum absolute atomic E-state index is 10.0. The first-order valence-electron chi connectivity index (χ1n) is 6.61. The number of aliphatic hydroxyl groups excluding tert-OH is 1. The Bertz CT molecular complexity index is 321. The molecule has 0 heterocycles. The van der Waals surface area contributed by atoms with E-state index in [-0.39, 0.29) is 6.10 Å². The molecule has 2 unspecified atom stereocenters. The van der Waals surface area contributed by atoms with Gasteiger partial charge in [0.25, 0.3) is 0 Å². The van der Waals surface area contributed by atoms with E-state index in [0.717, 1.165) is 30.8 Å². The van der Waals surface area contributed by atoms with Gasteiger partial charge < -0.3 is 14.6 Å². The third kappa shape index (κ3) is 5.07. The minimum absolute atomic E-state index is 0.187. The summed E-state index contributed by atoms with van der Waals surface area (Å²) in [6, 6.07) is 7.67. The second-order valence-corrected chi connectivity index (χ2v) is 4.56. The summed E-state index contributed by atoms with van der Waals surface area (Å²) in [5, 5.41) is 10.0. The molecule has 102 valence electrons. The number of benzene rings is 1. The lowest BCUT2D eigenvalue weighted by atomic mass is 10.0. The SMILES string of the molecule is CCCOc1ccc(C(O)CCC(C)OC)cc1. The molecule has 0 aliphatic carbocycles. The van der Waals surface area contributed by atoms with E-state index in [9.17, 15) is 5.11 Å². The average molecular weight is 252 g/mol. The zero-order chi connectivity index (χ0) is 13.4. The van der Waals surface area contributed by atoms with Crippen LogP contribution in [0.4, 0.5) is 0 Å². The zero-order valence-electron chi connectivity index (χ0n) is 11.6. The van der Waals surface area contributed by atoms with Crippen LogP contribution in [-0.4, -0.2) is 24.9 Å². The molecule has 0 spiro atoms. The Labute approximate surface area is 110 Å². The Morgan fingerprint density at radius 3 is 2.39 bits per heavy atom. The highest BCUT2D eigenvalue weighted by Gasteiger charge is 2.09. The van der Waals surface area contributed by atoms with Gasteiger partial charge in [-0.25, -0.2) is 0 Å². The van der Waals surface area contributed by atoms with E-state index in [1.165, 1.54) is 0 Å². The summed E-state index contributed by atoms with van der Waals surface area (Å²) in [4.78, 5) is 0. The predicted molar refractivity (Wildman–Crippen MR) is 72.9 cm³/mol. The molecule has 0 saturated carbocycles. The van der Waals surface area contributed by atoms with Gasteiger partial charge >= 0.3 is 0 Å². The Hall–Kier alpha value is -1.06. The number of hydrogen-bond donors (Lipinski definition) is 1. The van der Waals surface area contributed by atoms with Gasteiger partial charge in [0.15, 0.2) is 0 Å². The Morgan fingerprint density at radius 1 is 1.17 bits per heavy atom. The highest BCUT2D eigenvalue weighted by atomic mass is 16.5. The number of hydrogen-bond acceptors (Lipinski definition) is 3. The minimum atomic E-state index is -0.428.